The maximum Gasteiger partial charge on any atom is 0.326 e. The van der Waals surface area contributed by atoms with E-state index in [1.54, 1.807) is 23.2 Å². The first-order chi connectivity index (χ1) is 15.5. The van der Waals surface area contributed by atoms with Crippen molar-refractivity contribution in [3.8, 4) is 11.5 Å². The van der Waals surface area contributed by atoms with Crippen molar-refractivity contribution < 1.29 is 14.3 Å². The molecule has 0 saturated carbocycles. The molecule has 32 heavy (non-hydrogen) atoms. The molecule has 1 N–H and O–H groups in total. The molecule has 7 nitrogen and oxygen atoms in total. The highest BCUT2D eigenvalue weighted by molar-refractivity contribution is 6.32. The second-order valence-corrected chi connectivity index (χ2v) is 7.93. The van der Waals surface area contributed by atoms with E-state index < -0.39 is 0 Å². The molecule has 3 aromatic rings. The standard InChI is InChI=1S/C24H25ClN4O3/c1-16-6-8-17(9-7-16)15-28-11-12-29(20-5-4-10-26-23(20)28)24(30)27-19-13-18(25)21(31-2)14-22(19)32-3/h4-10,13-14H,11-12,15H2,1-3H3,(H,27,30). The summed E-state index contributed by atoms with van der Waals surface area (Å²) in [6.45, 7) is 3.97. The van der Waals surface area contributed by atoms with Gasteiger partial charge in [-0.2, -0.15) is 0 Å². The van der Waals surface area contributed by atoms with E-state index in [1.807, 2.05) is 12.1 Å². The van der Waals surface area contributed by atoms with Gasteiger partial charge in [-0.3, -0.25) is 4.90 Å². The van der Waals surface area contributed by atoms with Crippen LogP contribution in [0.4, 0.5) is 22.0 Å². The SMILES string of the molecule is COc1cc(OC)c(NC(=O)N2CCN(Cc3ccc(C)cc3)c3ncccc32)cc1Cl. The molecule has 2 aromatic carbocycles. The molecule has 0 bridgehead atoms. The van der Waals surface area contributed by atoms with E-state index in [2.05, 4.69) is 46.4 Å². The van der Waals surface area contributed by atoms with Gasteiger partial charge in [0.15, 0.2) is 5.82 Å². The summed E-state index contributed by atoms with van der Waals surface area (Å²) in [7, 11) is 3.06. The van der Waals surface area contributed by atoms with Crippen molar-refractivity contribution >= 4 is 34.8 Å². The second-order valence-electron chi connectivity index (χ2n) is 7.52. The first kappa shape index (κ1) is 21.8. The summed E-state index contributed by atoms with van der Waals surface area (Å²) in [6, 6.07) is 15.2. The Balaban J connectivity index is 1.57. The van der Waals surface area contributed by atoms with E-state index in [-0.39, 0.29) is 6.03 Å². The van der Waals surface area contributed by atoms with Gasteiger partial charge in [0.2, 0.25) is 0 Å². The van der Waals surface area contributed by atoms with Crippen molar-refractivity contribution in [2.24, 2.45) is 0 Å². The first-order valence-electron chi connectivity index (χ1n) is 10.3. The van der Waals surface area contributed by atoms with Crippen LogP contribution in [0.25, 0.3) is 0 Å². The predicted molar refractivity (Wildman–Crippen MR) is 127 cm³/mol. The Labute approximate surface area is 192 Å². The van der Waals surface area contributed by atoms with E-state index in [4.69, 9.17) is 21.1 Å². The Hall–Kier alpha value is -3.45. The summed E-state index contributed by atoms with van der Waals surface area (Å²) in [6.07, 6.45) is 1.74. The van der Waals surface area contributed by atoms with Crippen LogP contribution in [-0.2, 0) is 6.54 Å². The van der Waals surface area contributed by atoms with Crippen LogP contribution in [0, 0.1) is 6.92 Å². The summed E-state index contributed by atoms with van der Waals surface area (Å²) in [5, 5.41) is 3.29. The molecule has 1 aliphatic heterocycles. The summed E-state index contributed by atoms with van der Waals surface area (Å²) in [5.74, 6) is 1.71. The Morgan fingerprint density at radius 2 is 1.84 bits per heavy atom. The number of rotatable bonds is 5. The van der Waals surface area contributed by atoms with Gasteiger partial charge in [0.25, 0.3) is 0 Å². The molecule has 0 atom stereocenters. The summed E-state index contributed by atoms with van der Waals surface area (Å²) >= 11 is 6.25. The van der Waals surface area contributed by atoms with Crippen molar-refractivity contribution in [3.05, 3.63) is 70.9 Å². The molecule has 1 aliphatic rings. The van der Waals surface area contributed by atoms with Gasteiger partial charge in [-0.1, -0.05) is 41.4 Å². The number of carbonyl (C=O) groups excluding carboxylic acids is 1. The van der Waals surface area contributed by atoms with Gasteiger partial charge in [-0.15, -0.1) is 0 Å². The number of hydrogen-bond donors (Lipinski definition) is 1. The third kappa shape index (κ3) is 4.43. The van der Waals surface area contributed by atoms with Crippen LogP contribution in [-0.4, -0.2) is 38.3 Å². The lowest BCUT2D eigenvalue weighted by Gasteiger charge is -2.36. The van der Waals surface area contributed by atoms with Crippen molar-refractivity contribution in [2.45, 2.75) is 13.5 Å². The molecule has 0 aliphatic carbocycles. The first-order valence-corrected chi connectivity index (χ1v) is 10.6. The fourth-order valence-electron chi connectivity index (χ4n) is 3.71. The highest BCUT2D eigenvalue weighted by atomic mass is 35.5. The number of fused-ring (bicyclic) bond motifs is 1. The van der Waals surface area contributed by atoms with Crippen molar-refractivity contribution in [1.29, 1.82) is 0 Å². The minimum Gasteiger partial charge on any atom is -0.495 e. The average molecular weight is 453 g/mol. The van der Waals surface area contributed by atoms with E-state index in [0.717, 1.165) is 18.1 Å². The molecule has 1 aromatic heterocycles. The highest BCUT2D eigenvalue weighted by Gasteiger charge is 2.28. The van der Waals surface area contributed by atoms with Gasteiger partial charge in [-0.05, 0) is 30.7 Å². The van der Waals surface area contributed by atoms with Crippen LogP contribution in [0.2, 0.25) is 5.02 Å². The molecular weight excluding hydrogens is 428 g/mol. The average Bonchev–Trinajstić information content (AvgIpc) is 2.81. The van der Waals surface area contributed by atoms with Gasteiger partial charge in [-0.25, -0.2) is 9.78 Å². The Morgan fingerprint density at radius 3 is 2.56 bits per heavy atom. The fraction of sp³-hybridized carbons (Fsp3) is 0.250. The Bertz CT molecular complexity index is 1120. The molecule has 0 spiro atoms. The zero-order chi connectivity index (χ0) is 22.7. The van der Waals surface area contributed by atoms with Crippen molar-refractivity contribution in [3.63, 3.8) is 0 Å². The molecule has 166 valence electrons. The van der Waals surface area contributed by atoms with Crippen LogP contribution in [0.1, 0.15) is 11.1 Å². The van der Waals surface area contributed by atoms with Crippen molar-refractivity contribution in [1.82, 2.24) is 4.98 Å². The highest BCUT2D eigenvalue weighted by Crippen LogP contribution is 2.37. The predicted octanol–water partition coefficient (Wildman–Crippen LogP) is 5.12. The smallest absolute Gasteiger partial charge is 0.326 e. The number of ether oxygens (including phenoxy) is 2. The summed E-state index contributed by atoms with van der Waals surface area (Å²) in [4.78, 5) is 21.6. The van der Waals surface area contributed by atoms with Gasteiger partial charge >= 0.3 is 6.03 Å². The van der Waals surface area contributed by atoms with Crippen molar-refractivity contribution in [2.75, 3.05) is 42.4 Å². The number of anilines is 3. The number of pyridine rings is 1. The Kier molecular flexibility index (Phi) is 6.37. The van der Waals surface area contributed by atoms with E-state index in [1.165, 1.54) is 25.3 Å². The van der Waals surface area contributed by atoms with Gasteiger partial charge in [0, 0.05) is 31.9 Å². The normalized spacial score (nSPS) is 12.9. The lowest BCUT2D eigenvalue weighted by atomic mass is 10.1. The fourth-order valence-corrected chi connectivity index (χ4v) is 3.95. The molecule has 0 unspecified atom stereocenters. The van der Waals surface area contributed by atoms with Crippen LogP contribution < -0.4 is 24.6 Å². The monoisotopic (exact) mass is 452 g/mol. The zero-order valence-corrected chi connectivity index (χ0v) is 19.0. The molecule has 2 amide bonds. The number of nitrogens with zero attached hydrogens (tertiary/aromatic N) is 3. The topological polar surface area (TPSA) is 66.9 Å². The number of urea groups is 1. The van der Waals surface area contributed by atoms with Crippen LogP contribution in [0.5, 0.6) is 11.5 Å². The number of methoxy groups -OCH3 is 2. The summed E-state index contributed by atoms with van der Waals surface area (Å²) < 4.78 is 10.6. The number of nitrogens with one attached hydrogen (secondary N) is 1. The lowest BCUT2D eigenvalue weighted by Crippen LogP contribution is -2.46. The molecule has 8 heteroatoms. The third-order valence-electron chi connectivity index (χ3n) is 5.40. The van der Waals surface area contributed by atoms with E-state index >= 15 is 0 Å². The maximum atomic E-state index is 13.2. The van der Waals surface area contributed by atoms with Crippen LogP contribution >= 0.6 is 11.6 Å². The number of aryl methyl sites for hydroxylation is 1. The van der Waals surface area contributed by atoms with E-state index in [9.17, 15) is 4.79 Å². The molecule has 0 radical (unpaired) electrons. The number of aromatic nitrogens is 1. The lowest BCUT2D eigenvalue weighted by molar-refractivity contribution is 0.256. The summed E-state index contributed by atoms with van der Waals surface area (Å²) in [5.41, 5.74) is 3.64. The van der Waals surface area contributed by atoms with Crippen LogP contribution in [0.3, 0.4) is 0 Å². The molecule has 0 saturated heterocycles. The third-order valence-corrected chi connectivity index (χ3v) is 5.70. The quantitative estimate of drug-likeness (QED) is 0.582. The number of amides is 2. The Morgan fingerprint density at radius 1 is 1.09 bits per heavy atom. The minimum absolute atomic E-state index is 0.284. The van der Waals surface area contributed by atoms with Gasteiger partial charge < -0.3 is 19.7 Å². The van der Waals surface area contributed by atoms with E-state index in [0.29, 0.717) is 35.3 Å². The minimum atomic E-state index is -0.284. The second kappa shape index (κ2) is 9.36. The number of hydrogen-bond acceptors (Lipinski definition) is 5. The molecular formula is C24H25ClN4O3. The number of carbonyl (C=O) groups is 1. The zero-order valence-electron chi connectivity index (χ0n) is 18.3. The van der Waals surface area contributed by atoms with Gasteiger partial charge in [0.1, 0.15) is 11.5 Å². The number of halogens is 1. The maximum absolute atomic E-state index is 13.2. The largest absolute Gasteiger partial charge is 0.495 e. The van der Waals surface area contributed by atoms with Gasteiger partial charge in [0.05, 0.1) is 30.6 Å². The molecule has 4 rings (SSSR count). The molecule has 2 heterocycles. The molecule has 0 fully saturated rings. The van der Waals surface area contributed by atoms with Crippen LogP contribution in [0.15, 0.2) is 54.7 Å². The number of benzene rings is 2.